The van der Waals surface area contributed by atoms with Gasteiger partial charge < -0.3 is 10.2 Å². The normalized spacial score (nSPS) is 17.6. The van der Waals surface area contributed by atoms with Crippen molar-refractivity contribution >= 4 is 17.6 Å². The monoisotopic (exact) mass is 391 g/mol. The molecule has 4 rings (SSSR count). The van der Waals surface area contributed by atoms with Gasteiger partial charge >= 0.3 is 6.03 Å². The largest absolute Gasteiger partial charge is 0.349 e. The summed E-state index contributed by atoms with van der Waals surface area (Å²) in [6.45, 7) is 4.17. The van der Waals surface area contributed by atoms with E-state index in [1.807, 2.05) is 40.1 Å². The van der Waals surface area contributed by atoms with Gasteiger partial charge in [-0.25, -0.2) is 4.79 Å². The molecule has 5 heteroatoms. The molecule has 1 N–H and O–H groups in total. The van der Waals surface area contributed by atoms with Crippen molar-refractivity contribution < 1.29 is 9.59 Å². The number of rotatable bonds is 5. The fraction of sp³-hybridized carbons (Fsp3) is 0.417. The first-order valence-corrected chi connectivity index (χ1v) is 10.6. The number of carbonyl (C=O) groups excluding carboxylic acids is 2. The Morgan fingerprint density at radius 1 is 1.03 bits per heavy atom. The van der Waals surface area contributed by atoms with E-state index in [9.17, 15) is 9.59 Å². The molecule has 0 unspecified atom stereocenters. The Morgan fingerprint density at radius 2 is 1.79 bits per heavy atom. The van der Waals surface area contributed by atoms with Crippen LogP contribution >= 0.6 is 0 Å². The van der Waals surface area contributed by atoms with Gasteiger partial charge in [-0.1, -0.05) is 42.7 Å². The molecule has 29 heavy (non-hydrogen) atoms. The van der Waals surface area contributed by atoms with Gasteiger partial charge in [0, 0.05) is 36.9 Å². The summed E-state index contributed by atoms with van der Waals surface area (Å²) >= 11 is 0. The van der Waals surface area contributed by atoms with Crippen LogP contribution in [0.1, 0.15) is 53.6 Å². The number of nitrogens with one attached hydrogen (secondary N) is 1. The molecule has 2 aromatic rings. The van der Waals surface area contributed by atoms with E-state index in [0.717, 1.165) is 37.1 Å². The van der Waals surface area contributed by atoms with Crippen LogP contribution < -0.4 is 10.2 Å². The van der Waals surface area contributed by atoms with Crippen LogP contribution in [0.4, 0.5) is 10.5 Å². The first kappa shape index (κ1) is 19.5. The lowest BCUT2D eigenvalue weighted by Crippen LogP contribution is -2.49. The summed E-state index contributed by atoms with van der Waals surface area (Å²) in [4.78, 5) is 29.2. The highest BCUT2D eigenvalue weighted by Crippen LogP contribution is 2.23. The highest BCUT2D eigenvalue weighted by atomic mass is 16.2. The van der Waals surface area contributed by atoms with Gasteiger partial charge in [-0.2, -0.15) is 0 Å². The van der Waals surface area contributed by atoms with Crippen molar-refractivity contribution in [2.45, 2.75) is 51.6 Å². The Balaban J connectivity index is 1.41. The highest BCUT2D eigenvalue weighted by molar-refractivity contribution is 5.96. The number of nitrogens with zero attached hydrogens (tertiary/aromatic N) is 2. The van der Waals surface area contributed by atoms with Crippen molar-refractivity contribution in [3.8, 4) is 0 Å². The third-order valence-corrected chi connectivity index (χ3v) is 5.90. The van der Waals surface area contributed by atoms with Gasteiger partial charge in [0.1, 0.15) is 0 Å². The molecule has 2 fully saturated rings. The summed E-state index contributed by atoms with van der Waals surface area (Å²) in [7, 11) is 0. The topological polar surface area (TPSA) is 52.6 Å². The lowest BCUT2D eigenvalue weighted by Gasteiger charge is -2.35. The molecule has 1 heterocycles. The number of urea groups is 1. The minimum atomic E-state index is -0.0190. The van der Waals surface area contributed by atoms with Crippen LogP contribution in [0.2, 0.25) is 0 Å². The fourth-order valence-electron chi connectivity index (χ4n) is 4.33. The molecule has 0 aromatic heterocycles. The van der Waals surface area contributed by atoms with Gasteiger partial charge in [0.05, 0.1) is 0 Å². The molecule has 1 aliphatic carbocycles. The minimum Gasteiger partial charge on any atom is -0.349 e. The number of amides is 3. The molecular formula is C24H29N3O2. The quantitative estimate of drug-likeness (QED) is 0.816. The Kier molecular flexibility index (Phi) is 5.84. The van der Waals surface area contributed by atoms with E-state index in [2.05, 4.69) is 30.4 Å². The van der Waals surface area contributed by atoms with E-state index in [1.54, 1.807) is 0 Å². The number of carbonyl (C=O) groups is 2. The molecule has 2 aromatic carbocycles. The van der Waals surface area contributed by atoms with Crippen LogP contribution in [0.5, 0.6) is 0 Å². The first-order valence-electron chi connectivity index (χ1n) is 10.6. The van der Waals surface area contributed by atoms with E-state index >= 15 is 0 Å². The van der Waals surface area contributed by atoms with Crippen LogP contribution in [0.15, 0.2) is 48.5 Å². The third-order valence-electron chi connectivity index (χ3n) is 5.90. The van der Waals surface area contributed by atoms with Crippen molar-refractivity contribution in [1.82, 2.24) is 10.2 Å². The lowest BCUT2D eigenvalue weighted by atomic mass is 10.1. The molecule has 1 saturated carbocycles. The van der Waals surface area contributed by atoms with Gasteiger partial charge in [0.15, 0.2) is 0 Å². The SMILES string of the molecule is Cc1cccc(CN2CCCN(c3ccc(C(=O)NC4CCCC4)cc3)C2=O)c1. The van der Waals surface area contributed by atoms with Gasteiger partial charge in [-0.05, 0) is 56.0 Å². The zero-order chi connectivity index (χ0) is 20.2. The van der Waals surface area contributed by atoms with Crippen LogP contribution in [0, 0.1) is 6.92 Å². The zero-order valence-electron chi connectivity index (χ0n) is 17.1. The summed E-state index contributed by atoms with van der Waals surface area (Å²) in [6.07, 6.45) is 5.47. The zero-order valence-corrected chi connectivity index (χ0v) is 17.1. The summed E-state index contributed by atoms with van der Waals surface area (Å²) in [5, 5.41) is 3.11. The van der Waals surface area contributed by atoms with Gasteiger partial charge in [0.2, 0.25) is 0 Å². The smallest absolute Gasteiger partial charge is 0.324 e. The maximum atomic E-state index is 13.0. The summed E-state index contributed by atoms with van der Waals surface area (Å²) < 4.78 is 0. The molecule has 5 nitrogen and oxygen atoms in total. The molecule has 1 saturated heterocycles. The van der Waals surface area contributed by atoms with Crippen LogP contribution in [0.3, 0.4) is 0 Å². The molecule has 0 bridgehead atoms. The predicted molar refractivity (Wildman–Crippen MR) is 115 cm³/mol. The Bertz CT molecular complexity index is 872. The summed E-state index contributed by atoms with van der Waals surface area (Å²) in [5.41, 5.74) is 3.86. The maximum Gasteiger partial charge on any atom is 0.324 e. The van der Waals surface area contributed by atoms with E-state index in [-0.39, 0.29) is 11.9 Å². The number of hydrogen-bond acceptors (Lipinski definition) is 2. The number of anilines is 1. The average Bonchev–Trinajstić information content (AvgIpc) is 3.23. The van der Waals surface area contributed by atoms with E-state index in [0.29, 0.717) is 24.7 Å². The molecule has 152 valence electrons. The molecular weight excluding hydrogens is 362 g/mol. The molecule has 0 atom stereocenters. The van der Waals surface area contributed by atoms with E-state index < -0.39 is 0 Å². The summed E-state index contributed by atoms with van der Waals surface area (Å²) in [5.74, 6) is -0.0190. The fourth-order valence-corrected chi connectivity index (χ4v) is 4.33. The second kappa shape index (κ2) is 8.68. The van der Waals surface area contributed by atoms with Crippen molar-refractivity contribution in [3.05, 3.63) is 65.2 Å². The molecule has 1 aliphatic heterocycles. The standard InChI is InChI=1S/C24H29N3O2/c1-18-6-4-7-19(16-18)17-26-14-5-15-27(24(26)29)22-12-10-20(11-13-22)23(28)25-21-8-2-3-9-21/h4,6-7,10-13,16,21H,2-3,5,8-9,14-15,17H2,1H3,(H,25,28). The third kappa shape index (κ3) is 4.61. The van der Waals surface area contributed by atoms with Crippen LogP contribution in [-0.4, -0.2) is 36.0 Å². The molecule has 0 spiro atoms. The Labute approximate surface area is 172 Å². The molecule has 3 amide bonds. The van der Waals surface area contributed by atoms with Gasteiger partial charge in [0.25, 0.3) is 5.91 Å². The lowest BCUT2D eigenvalue weighted by molar-refractivity contribution is 0.0938. The van der Waals surface area contributed by atoms with Crippen LogP contribution in [-0.2, 0) is 6.54 Å². The minimum absolute atomic E-state index is 0.0190. The number of aryl methyl sites for hydroxylation is 1. The predicted octanol–water partition coefficient (Wildman–Crippen LogP) is 4.50. The highest BCUT2D eigenvalue weighted by Gasteiger charge is 2.27. The Hall–Kier alpha value is -2.82. The number of hydrogen-bond donors (Lipinski definition) is 1. The van der Waals surface area contributed by atoms with E-state index in [4.69, 9.17) is 0 Å². The average molecular weight is 392 g/mol. The van der Waals surface area contributed by atoms with Gasteiger partial charge in [-0.15, -0.1) is 0 Å². The van der Waals surface area contributed by atoms with Crippen molar-refractivity contribution in [2.75, 3.05) is 18.0 Å². The second-order valence-electron chi connectivity index (χ2n) is 8.20. The van der Waals surface area contributed by atoms with Crippen LogP contribution in [0.25, 0.3) is 0 Å². The van der Waals surface area contributed by atoms with Gasteiger partial charge in [-0.3, -0.25) is 9.69 Å². The maximum absolute atomic E-state index is 13.0. The first-order chi connectivity index (χ1) is 14.1. The van der Waals surface area contributed by atoms with E-state index in [1.165, 1.54) is 18.4 Å². The van der Waals surface area contributed by atoms with Crippen molar-refractivity contribution in [3.63, 3.8) is 0 Å². The summed E-state index contributed by atoms with van der Waals surface area (Å²) in [6, 6.07) is 16.1. The molecule has 0 radical (unpaired) electrons. The number of benzene rings is 2. The van der Waals surface area contributed by atoms with Crippen molar-refractivity contribution in [2.24, 2.45) is 0 Å². The molecule has 2 aliphatic rings. The van der Waals surface area contributed by atoms with Crippen molar-refractivity contribution in [1.29, 1.82) is 0 Å². The Morgan fingerprint density at radius 3 is 2.52 bits per heavy atom. The second-order valence-corrected chi connectivity index (χ2v) is 8.20.